The number of carbonyl (C=O) groups excluding carboxylic acids is 1. The third kappa shape index (κ3) is 5.37. The van der Waals surface area contributed by atoms with E-state index in [0.29, 0.717) is 16.5 Å². The van der Waals surface area contributed by atoms with E-state index >= 15 is 0 Å². The lowest BCUT2D eigenvalue weighted by atomic mass is 10.2. The van der Waals surface area contributed by atoms with E-state index in [9.17, 15) is 14.9 Å². The molecular formula is C17H17ClN2O4S. The average molecular weight is 381 g/mol. The molecular weight excluding hydrogens is 364 g/mol. The molecule has 0 saturated heterocycles. The molecule has 0 aliphatic carbocycles. The second-order valence-electron chi connectivity index (χ2n) is 5.26. The maximum Gasteiger partial charge on any atom is 0.311 e. The highest BCUT2D eigenvalue weighted by Crippen LogP contribution is 2.29. The first kappa shape index (κ1) is 19.1. The van der Waals surface area contributed by atoms with Gasteiger partial charge >= 0.3 is 5.69 Å². The smallest absolute Gasteiger partial charge is 0.311 e. The fourth-order valence-electron chi connectivity index (χ4n) is 2.14. The van der Waals surface area contributed by atoms with Crippen molar-refractivity contribution in [1.29, 1.82) is 0 Å². The molecule has 132 valence electrons. The van der Waals surface area contributed by atoms with Crippen LogP contribution in [0, 0.1) is 17.0 Å². The van der Waals surface area contributed by atoms with E-state index in [4.69, 9.17) is 16.3 Å². The van der Waals surface area contributed by atoms with E-state index in [-0.39, 0.29) is 23.1 Å². The number of thioether (sulfide) groups is 1. The fraction of sp³-hybridized carbons (Fsp3) is 0.235. The Hall–Kier alpha value is -2.25. The summed E-state index contributed by atoms with van der Waals surface area (Å²) in [5.74, 6) is 0.768. The molecule has 2 aromatic carbocycles. The first-order chi connectivity index (χ1) is 11.9. The van der Waals surface area contributed by atoms with Crippen molar-refractivity contribution in [3.63, 3.8) is 0 Å². The molecule has 2 rings (SSSR count). The number of nitrogens with one attached hydrogen (secondary N) is 1. The molecule has 0 spiro atoms. The molecule has 0 aliphatic rings. The molecule has 0 fully saturated rings. The summed E-state index contributed by atoms with van der Waals surface area (Å²) in [5.41, 5.74) is 2.27. The number of hydrogen-bond acceptors (Lipinski definition) is 5. The van der Waals surface area contributed by atoms with E-state index in [1.807, 2.05) is 13.0 Å². The Labute approximate surface area is 154 Å². The van der Waals surface area contributed by atoms with Crippen LogP contribution in [0.1, 0.15) is 11.1 Å². The predicted molar refractivity (Wildman–Crippen MR) is 101 cm³/mol. The van der Waals surface area contributed by atoms with Crippen LogP contribution in [0.15, 0.2) is 36.4 Å². The van der Waals surface area contributed by atoms with Gasteiger partial charge in [0.25, 0.3) is 0 Å². The van der Waals surface area contributed by atoms with Crippen LogP contribution in [0.2, 0.25) is 5.02 Å². The van der Waals surface area contributed by atoms with Crippen LogP contribution in [-0.4, -0.2) is 23.7 Å². The number of nitro groups is 1. The molecule has 0 aliphatic heterocycles. The first-order valence-electron chi connectivity index (χ1n) is 7.35. The van der Waals surface area contributed by atoms with Crippen LogP contribution in [0.5, 0.6) is 5.75 Å². The summed E-state index contributed by atoms with van der Waals surface area (Å²) in [7, 11) is 1.39. The molecule has 1 N–H and O–H groups in total. The highest BCUT2D eigenvalue weighted by molar-refractivity contribution is 7.99. The van der Waals surface area contributed by atoms with Crippen LogP contribution in [-0.2, 0) is 10.5 Å². The lowest BCUT2D eigenvalue weighted by Gasteiger charge is -2.09. The number of anilines is 1. The van der Waals surface area contributed by atoms with Gasteiger partial charge in [-0.1, -0.05) is 23.7 Å². The number of carbonyl (C=O) groups is 1. The summed E-state index contributed by atoms with van der Waals surface area (Å²) in [6.45, 7) is 1.88. The number of hydrogen-bond donors (Lipinski definition) is 1. The summed E-state index contributed by atoms with van der Waals surface area (Å²) >= 11 is 7.30. The van der Waals surface area contributed by atoms with Crippen molar-refractivity contribution >= 4 is 40.6 Å². The van der Waals surface area contributed by atoms with Gasteiger partial charge in [-0.2, -0.15) is 0 Å². The van der Waals surface area contributed by atoms with Gasteiger partial charge in [0, 0.05) is 22.5 Å². The third-order valence-electron chi connectivity index (χ3n) is 3.42. The second-order valence-corrected chi connectivity index (χ2v) is 6.69. The monoisotopic (exact) mass is 380 g/mol. The Morgan fingerprint density at radius 3 is 2.76 bits per heavy atom. The van der Waals surface area contributed by atoms with Crippen molar-refractivity contribution < 1.29 is 14.5 Å². The van der Waals surface area contributed by atoms with Gasteiger partial charge in [-0.15, -0.1) is 11.8 Å². The number of aryl methyl sites for hydroxylation is 1. The van der Waals surface area contributed by atoms with Crippen molar-refractivity contribution in [3.05, 3.63) is 62.7 Å². The Morgan fingerprint density at radius 2 is 2.08 bits per heavy atom. The van der Waals surface area contributed by atoms with Gasteiger partial charge < -0.3 is 10.1 Å². The maximum absolute atomic E-state index is 12.0. The lowest BCUT2D eigenvalue weighted by molar-refractivity contribution is -0.385. The number of benzene rings is 2. The largest absolute Gasteiger partial charge is 0.490 e. The van der Waals surface area contributed by atoms with Crippen LogP contribution in [0.4, 0.5) is 11.4 Å². The van der Waals surface area contributed by atoms with Gasteiger partial charge in [-0.05, 0) is 36.2 Å². The fourth-order valence-corrected chi connectivity index (χ4v) is 3.09. The summed E-state index contributed by atoms with van der Waals surface area (Å²) in [4.78, 5) is 22.6. The molecule has 0 aromatic heterocycles. The number of halogens is 1. The lowest BCUT2D eigenvalue weighted by Crippen LogP contribution is -2.15. The zero-order valence-corrected chi connectivity index (χ0v) is 15.3. The minimum absolute atomic E-state index is 0.0837. The molecule has 1 amide bonds. The molecule has 8 heteroatoms. The van der Waals surface area contributed by atoms with Crippen LogP contribution in [0.25, 0.3) is 0 Å². The minimum atomic E-state index is -0.484. The highest BCUT2D eigenvalue weighted by Gasteiger charge is 2.15. The molecule has 2 aromatic rings. The Morgan fingerprint density at radius 1 is 1.32 bits per heavy atom. The normalized spacial score (nSPS) is 10.4. The summed E-state index contributed by atoms with van der Waals surface area (Å²) in [6, 6.07) is 10.1. The summed E-state index contributed by atoms with van der Waals surface area (Å²) in [6.07, 6.45) is 0. The summed E-state index contributed by atoms with van der Waals surface area (Å²) < 4.78 is 4.97. The topological polar surface area (TPSA) is 81.5 Å². The van der Waals surface area contributed by atoms with E-state index in [0.717, 1.165) is 11.1 Å². The number of nitrogens with zero attached hydrogens (tertiary/aromatic N) is 1. The Kier molecular flexibility index (Phi) is 6.66. The van der Waals surface area contributed by atoms with Crippen LogP contribution >= 0.6 is 23.4 Å². The van der Waals surface area contributed by atoms with E-state index in [2.05, 4.69) is 5.32 Å². The molecule has 0 saturated carbocycles. The van der Waals surface area contributed by atoms with Crippen molar-refractivity contribution in [2.75, 3.05) is 18.2 Å². The Bertz CT molecular complexity index is 798. The van der Waals surface area contributed by atoms with Gasteiger partial charge in [0.15, 0.2) is 5.75 Å². The van der Waals surface area contributed by atoms with Crippen molar-refractivity contribution in [2.24, 2.45) is 0 Å². The van der Waals surface area contributed by atoms with E-state index in [1.54, 1.807) is 24.3 Å². The second kappa shape index (κ2) is 8.73. The van der Waals surface area contributed by atoms with Crippen LogP contribution in [0.3, 0.4) is 0 Å². The van der Waals surface area contributed by atoms with Gasteiger partial charge in [0.05, 0.1) is 17.8 Å². The number of methoxy groups -OCH3 is 1. The van der Waals surface area contributed by atoms with Gasteiger partial charge in [0.1, 0.15) is 0 Å². The van der Waals surface area contributed by atoms with E-state index < -0.39 is 4.92 Å². The van der Waals surface area contributed by atoms with Gasteiger partial charge in [0.2, 0.25) is 5.91 Å². The molecule has 6 nitrogen and oxygen atoms in total. The average Bonchev–Trinajstić information content (AvgIpc) is 2.58. The van der Waals surface area contributed by atoms with Gasteiger partial charge in [-0.3, -0.25) is 14.9 Å². The quantitative estimate of drug-likeness (QED) is 0.567. The van der Waals surface area contributed by atoms with Crippen LogP contribution < -0.4 is 10.1 Å². The maximum atomic E-state index is 12.0. The first-order valence-corrected chi connectivity index (χ1v) is 8.89. The zero-order valence-electron chi connectivity index (χ0n) is 13.7. The van der Waals surface area contributed by atoms with Gasteiger partial charge in [-0.25, -0.2) is 0 Å². The number of ether oxygens (including phenoxy) is 1. The third-order valence-corrected chi connectivity index (χ3v) is 4.65. The number of nitro benzene ring substituents is 1. The zero-order chi connectivity index (χ0) is 18.4. The van der Waals surface area contributed by atoms with Crippen molar-refractivity contribution in [1.82, 2.24) is 0 Å². The number of amides is 1. The standard InChI is InChI=1S/C17H17ClN2O4S/c1-11-3-5-13(18)8-14(11)19-17(21)10-25-9-12-4-6-16(24-2)15(7-12)20(22)23/h3-8H,9-10H2,1-2H3,(H,19,21). The predicted octanol–water partition coefficient (Wildman–Crippen LogP) is 4.44. The van der Waals surface area contributed by atoms with E-state index in [1.165, 1.54) is 24.9 Å². The van der Waals surface area contributed by atoms with Crippen molar-refractivity contribution in [2.45, 2.75) is 12.7 Å². The van der Waals surface area contributed by atoms with Crippen molar-refractivity contribution in [3.8, 4) is 5.75 Å². The molecule has 0 bridgehead atoms. The SMILES string of the molecule is COc1ccc(CSCC(=O)Nc2cc(Cl)ccc2C)cc1[N+](=O)[O-]. The highest BCUT2D eigenvalue weighted by atomic mass is 35.5. The molecule has 25 heavy (non-hydrogen) atoms. The Balaban J connectivity index is 1.92. The number of rotatable bonds is 7. The molecule has 0 unspecified atom stereocenters. The molecule has 0 atom stereocenters. The molecule has 0 heterocycles. The minimum Gasteiger partial charge on any atom is -0.490 e. The molecule has 0 radical (unpaired) electrons. The summed E-state index contributed by atoms with van der Waals surface area (Å²) in [5, 5.41) is 14.4.